The van der Waals surface area contributed by atoms with Crippen molar-refractivity contribution in [3.8, 4) is 28.5 Å². The predicted octanol–water partition coefficient (Wildman–Crippen LogP) is 3.59. The molecule has 0 saturated heterocycles. The zero-order valence-electron chi connectivity index (χ0n) is 13.5. The molecule has 26 heavy (non-hydrogen) atoms. The van der Waals surface area contributed by atoms with E-state index in [1.807, 2.05) is 36.4 Å². The van der Waals surface area contributed by atoms with Crippen molar-refractivity contribution < 1.29 is 5.11 Å². The summed E-state index contributed by atoms with van der Waals surface area (Å²) in [5.41, 5.74) is 3.33. The number of hydrogen-bond acceptors (Lipinski definition) is 5. The molecule has 0 spiro atoms. The fourth-order valence-electron chi connectivity index (χ4n) is 2.45. The summed E-state index contributed by atoms with van der Waals surface area (Å²) in [6, 6.07) is 18.4. The Morgan fingerprint density at radius 3 is 2.54 bits per heavy atom. The lowest BCUT2D eigenvalue weighted by Gasteiger charge is -1.98. The molecule has 3 N–H and O–H groups in total. The molecule has 0 bridgehead atoms. The molecule has 2 heterocycles. The maximum atomic E-state index is 9.35. The maximum Gasteiger partial charge on any atom is 0.216 e. The van der Waals surface area contributed by atoms with Crippen LogP contribution in [-0.4, -0.2) is 36.4 Å². The second-order valence-corrected chi connectivity index (χ2v) is 5.92. The molecule has 0 aliphatic carbocycles. The third-order valence-corrected chi connectivity index (χ3v) is 4.02. The first-order valence-electron chi connectivity index (χ1n) is 7.83. The topological polar surface area (TPSA) is 94.9 Å². The van der Waals surface area contributed by atoms with Crippen molar-refractivity contribution in [1.82, 2.24) is 25.1 Å². The van der Waals surface area contributed by atoms with E-state index in [2.05, 4.69) is 25.5 Å². The van der Waals surface area contributed by atoms with E-state index in [1.54, 1.807) is 30.5 Å². The Balaban J connectivity index is 1.68. The van der Waals surface area contributed by atoms with Crippen molar-refractivity contribution in [2.45, 2.75) is 0 Å². The average Bonchev–Trinajstić information content (AvgIpc) is 3.29. The number of nitrogens with zero attached hydrogens (tertiary/aromatic N) is 4. The van der Waals surface area contributed by atoms with E-state index >= 15 is 0 Å². The maximum absolute atomic E-state index is 9.35. The highest BCUT2D eigenvalue weighted by Gasteiger charge is 2.12. The van der Waals surface area contributed by atoms with Gasteiger partial charge in [0.2, 0.25) is 10.6 Å². The Kier molecular flexibility index (Phi) is 4.16. The molecule has 4 aromatic rings. The van der Waals surface area contributed by atoms with Crippen LogP contribution in [0.1, 0.15) is 5.56 Å². The Labute approximate surface area is 153 Å². The number of phenolic OH excluding ortho intramolecular Hbond substituents is 1. The molecule has 7 nitrogen and oxygen atoms in total. The van der Waals surface area contributed by atoms with Gasteiger partial charge in [-0.1, -0.05) is 30.3 Å². The molecule has 0 aliphatic rings. The molecule has 0 saturated carbocycles. The summed E-state index contributed by atoms with van der Waals surface area (Å²) >= 11 is 5.27. The van der Waals surface area contributed by atoms with Crippen LogP contribution in [0.15, 0.2) is 65.8 Å². The number of aromatic amines is 2. The number of hydrogen-bond donors (Lipinski definition) is 3. The van der Waals surface area contributed by atoms with Crippen LogP contribution in [0, 0.1) is 4.77 Å². The number of nitrogens with one attached hydrogen (secondary N) is 2. The zero-order chi connectivity index (χ0) is 17.9. The van der Waals surface area contributed by atoms with Crippen molar-refractivity contribution in [3.05, 3.63) is 71.0 Å². The van der Waals surface area contributed by atoms with Crippen LogP contribution in [0.2, 0.25) is 0 Å². The number of H-pyrrole nitrogens is 2. The molecule has 0 aliphatic heterocycles. The number of aromatic nitrogens is 5. The summed E-state index contributed by atoms with van der Waals surface area (Å²) in [5.74, 6) is 0.730. The molecule has 0 atom stereocenters. The summed E-state index contributed by atoms with van der Waals surface area (Å²) in [5, 5.41) is 28.0. The van der Waals surface area contributed by atoms with Crippen molar-refractivity contribution in [2.24, 2.45) is 5.10 Å². The van der Waals surface area contributed by atoms with E-state index in [-0.39, 0.29) is 5.75 Å². The largest absolute Gasteiger partial charge is 0.508 e. The molecular weight excluding hydrogens is 348 g/mol. The summed E-state index contributed by atoms with van der Waals surface area (Å²) in [7, 11) is 0. The van der Waals surface area contributed by atoms with Crippen LogP contribution in [0.4, 0.5) is 0 Å². The van der Waals surface area contributed by atoms with Crippen LogP contribution in [0.3, 0.4) is 0 Å². The van der Waals surface area contributed by atoms with Crippen LogP contribution < -0.4 is 0 Å². The standard InChI is InChI=1S/C18H14N6OS/c25-14-8-6-12(7-9-14)11-19-24-17(22-23-18(24)26)16-10-15(20-21-16)13-4-2-1-3-5-13/h1-11,25H,(H,20,21)(H,23,26)/b19-11-. The smallest absolute Gasteiger partial charge is 0.216 e. The Hall–Kier alpha value is -3.52. The van der Waals surface area contributed by atoms with Crippen molar-refractivity contribution >= 4 is 18.4 Å². The van der Waals surface area contributed by atoms with Gasteiger partial charge < -0.3 is 5.11 Å². The van der Waals surface area contributed by atoms with Gasteiger partial charge in [0, 0.05) is 5.56 Å². The fourth-order valence-corrected chi connectivity index (χ4v) is 2.63. The van der Waals surface area contributed by atoms with Gasteiger partial charge >= 0.3 is 0 Å². The normalized spacial score (nSPS) is 11.2. The number of aromatic hydroxyl groups is 1. The number of phenols is 1. The van der Waals surface area contributed by atoms with Crippen LogP contribution in [0.5, 0.6) is 5.75 Å². The highest BCUT2D eigenvalue weighted by Crippen LogP contribution is 2.22. The number of benzene rings is 2. The third-order valence-electron chi connectivity index (χ3n) is 3.75. The number of rotatable bonds is 4. The minimum absolute atomic E-state index is 0.202. The molecule has 2 aromatic carbocycles. The first-order chi connectivity index (χ1) is 12.7. The van der Waals surface area contributed by atoms with Gasteiger partial charge in [0.15, 0.2) is 0 Å². The summed E-state index contributed by atoms with van der Waals surface area (Å²) in [6.07, 6.45) is 1.64. The molecule has 0 amide bonds. The second kappa shape index (κ2) is 6.77. The first-order valence-corrected chi connectivity index (χ1v) is 8.23. The Morgan fingerprint density at radius 1 is 1.00 bits per heavy atom. The van der Waals surface area contributed by atoms with Gasteiger partial charge in [0.1, 0.15) is 11.4 Å². The second-order valence-electron chi connectivity index (χ2n) is 5.53. The average molecular weight is 362 g/mol. The minimum Gasteiger partial charge on any atom is -0.508 e. The van der Waals surface area contributed by atoms with E-state index in [0.29, 0.717) is 16.3 Å². The van der Waals surface area contributed by atoms with Gasteiger partial charge in [0.05, 0.1) is 11.9 Å². The van der Waals surface area contributed by atoms with Gasteiger partial charge in [0.25, 0.3) is 0 Å². The molecule has 4 rings (SSSR count). The molecule has 2 aromatic heterocycles. The zero-order valence-corrected chi connectivity index (χ0v) is 14.3. The predicted molar refractivity (Wildman–Crippen MR) is 102 cm³/mol. The van der Waals surface area contributed by atoms with E-state index < -0.39 is 0 Å². The lowest BCUT2D eigenvalue weighted by atomic mass is 10.1. The highest BCUT2D eigenvalue weighted by atomic mass is 32.1. The quantitative estimate of drug-likeness (QED) is 0.382. The van der Waals surface area contributed by atoms with E-state index in [0.717, 1.165) is 16.8 Å². The molecule has 0 fully saturated rings. The van der Waals surface area contributed by atoms with Crippen molar-refractivity contribution in [1.29, 1.82) is 0 Å². The van der Waals surface area contributed by atoms with Gasteiger partial charge in [-0.05, 0) is 48.1 Å². The highest BCUT2D eigenvalue weighted by molar-refractivity contribution is 7.71. The first kappa shape index (κ1) is 16.0. The van der Waals surface area contributed by atoms with E-state index in [4.69, 9.17) is 12.2 Å². The molecule has 8 heteroatoms. The lowest BCUT2D eigenvalue weighted by Crippen LogP contribution is -1.95. The van der Waals surface area contributed by atoms with E-state index in [1.165, 1.54) is 4.68 Å². The summed E-state index contributed by atoms with van der Waals surface area (Å²) < 4.78 is 1.88. The molecule has 0 radical (unpaired) electrons. The van der Waals surface area contributed by atoms with Gasteiger partial charge in [-0.15, -0.1) is 0 Å². The minimum atomic E-state index is 0.202. The van der Waals surface area contributed by atoms with Crippen LogP contribution in [-0.2, 0) is 0 Å². The van der Waals surface area contributed by atoms with Gasteiger partial charge in [-0.3, -0.25) is 5.10 Å². The summed E-state index contributed by atoms with van der Waals surface area (Å²) in [4.78, 5) is 0. The Morgan fingerprint density at radius 2 is 1.77 bits per heavy atom. The van der Waals surface area contributed by atoms with Crippen LogP contribution in [0.25, 0.3) is 22.8 Å². The molecule has 128 valence electrons. The molecular formula is C18H14N6OS. The third kappa shape index (κ3) is 3.17. The molecule has 0 unspecified atom stereocenters. The summed E-state index contributed by atoms with van der Waals surface area (Å²) in [6.45, 7) is 0. The van der Waals surface area contributed by atoms with Gasteiger partial charge in [-0.25, -0.2) is 5.10 Å². The lowest BCUT2D eigenvalue weighted by molar-refractivity contribution is 0.475. The van der Waals surface area contributed by atoms with Crippen molar-refractivity contribution in [3.63, 3.8) is 0 Å². The van der Waals surface area contributed by atoms with Gasteiger partial charge in [-0.2, -0.15) is 20.0 Å². The monoisotopic (exact) mass is 362 g/mol. The SMILES string of the molecule is Oc1ccc(/C=N\n2c(-c3cc(-c4ccccc4)n[nH]3)n[nH]c2=S)cc1. The fraction of sp³-hybridized carbons (Fsp3) is 0. The van der Waals surface area contributed by atoms with E-state index in [9.17, 15) is 5.11 Å². The van der Waals surface area contributed by atoms with Crippen molar-refractivity contribution in [2.75, 3.05) is 0 Å². The van der Waals surface area contributed by atoms with Crippen LogP contribution >= 0.6 is 12.2 Å². The Bertz CT molecular complexity index is 1110.